The highest BCUT2D eigenvalue weighted by molar-refractivity contribution is 6.35. The Morgan fingerprint density at radius 2 is 1.71 bits per heavy atom. The highest BCUT2D eigenvalue weighted by atomic mass is 35.5. The number of carbonyl (C=O) groups excluding carboxylic acids is 1. The Morgan fingerprint density at radius 1 is 1.10 bits per heavy atom. The average molecular weight is 324 g/mol. The van der Waals surface area contributed by atoms with E-state index in [1.54, 1.807) is 36.4 Å². The second kappa shape index (κ2) is 6.24. The van der Waals surface area contributed by atoms with E-state index in [4.69, 9.17) is 28.9 Å². The van der Waals surface area contributed by atoms with Crippen molar-refractivity contribution in [2.75, 3.05) is 30.0 Å². The van der Waals surface area contributed by atoms with Gasteiger partial charge < -0.3 is 16.0 Å². The van der Waals surface area contributed by atoms with Crippen LogP contribution in [-0.4, -0.2) is 20.0 Å². The van der Waals surface area contributed by atoms with Crippen molar-refractivity contribution >= 4 is 46.2 Å². The highest BCUT2D eigenvalue weighted by Crippen LogP contribution is 2.25. The lowest BCUT2D eigenvalue weighted by molar-refractivity contribution is 0.102. The fraction of sp³-hybridized carbons (Fsp3) is 0.133. The molecule has 0 radical (unpaired) electrons. The number of amides is 1. The quantitative estimate of drug-likeness (QED) is 0.842. The van der Waals surface area contributed by atoms with E-state index < -0.39 is 0 Å². The lowest BCUT2D eigenvalue weighted by Gasteiger charge is -2.16. The molecule has 4 nitrogen and oxygen atoms in total. The topological polar surface area (TPSA) is 58.4 Å². The number of carbonyl (C=O) groups is 1. The van der Waals surface area contributed by atoms with Crippen LogP contribution in [0.25, 0.3) is 0 Å². The molecule has 0 atom stereocenters. The van der Waals surface area contributed by atoms with E-state index >= 15 is 0 Å². The Labute approximate surface area is 133 Å². The summed E-state index contributed by atoms with van der Waals surface area (Å²) < 4.78 is 0. The van der Waals surface area contributed by atoms with E-state index in [1.807, 2.05) is 19.0 Å². The van der Waals surface area contributed by atoms with Crippen molar-refractivity contribution in [1.29, 1.82) is 0 Å². The normalized spacial score (nSPS) is 10.3. The maximum absolute atomic E-state index is 12.2. The number of hydrogen-bond donors (Lipinski definition) is 2. The number of nitrogen functional groups attached to an aromatic ring is 1. The van der Waals surface area contributed by atoms with Crippen molar-refractivity contribution in [1.82, 2.24) is 0 Å². The molecule has 2 aromatic rings. The van der Waals surface area contributed by atoms with Crippen LogP contribution in [0.2, 0.25) is 10.0 Å². The molecule has 0 unspecified atom stereocenters. The zero-order valence-corrected chi connectivity index (χ0v) is 13.2. The van der Waals surface area contributed by atoms with Gasteiger partial charge in [0, 0.05) is 35.4 Å². The Kier molecular flexibility index (Phi) is 4.60. The summed E-state index contributed by atoms with van der Waals surface area (Å²) in [5.41, 5.74) is 8.34. The minimum Gasteiger partial charge on any atom is -0.397 e. The van der Waals surface area contributed by atoms with Crippen molar-refractivity contribution in [3.05, 3.63) is 52.0 Å². The molecule has 2 aromatic carbocycles. The van der Waals surface area contributed by atoms with Gasteiger partial charge in [-0.3, -0.25) is 4.79 Å². The second-order valence-electron chi connectivity index (χ2n) is 4.78. The van der Waals surface area contributed by atoms with Crippen molar-refractivity contribution in [2.24, 2.45) is 0 Å². The summed E-state index contributed by atoms with van der Waals surface area (Å²) in [6.07, 6.45) is 0. The van der Waals surface area contributed by atoms with Crippen LogP contribution in [-0.2, 0) is 0 Å². The Hall–Kier alpha value is -1.91. The molecule has 0 fully saturated rings. The van der Waals surface area contributed by atoms with Crippen molar-refractivity contribution in [3.8, 4) is 0 Å². The molecule has 0 heterocycles. The van der Waals surface area contributed by atoms with E-state index in [9.17, 15) is 4.79 Å². The van der Waals surface area contributed by atoms with E-state index in [1.165, 1.54) is 0 Å². The molecule has 1 amide bonds. The first-order valence-corrected chi connectivity index (χ1v) is 6.96. The van der Waals surface area contributed by atoms with Gasteiger partial charge in [-0.2, -0.15) is 0 Å². The number of anilines is 3. The fourth-order valence-corrected chi connectivity index (χ4v) is 2.46. The molecule has 0 aliphatic carbocycles. The zero-order valence-electron chi connectivity index (χ0n) is 11.7. The minimum atomic E-state index is -0.273. The predicted octanol–water partition coefficient (Wildman–Crippen LogP) is 3.89. The summed E-state index contributed by atoms with van der Waals surface area (Å²) in [6.45, 7) is 0. The van der Waals surface area contributed by atoms with Crippen LogP contribution in [0.4, 0.5) is 17.1 Å². The maximum atomic E-state index is 12.2. The summed E-state index contributed by atoms with van der Waals surface area (Å²) in [6, 6.07) is 10.0. The summed E-state index contributed by atoms with van der Waals surface area (Å²) >= 11 is 11.8. The van der Waals surface area contributed by atoms with Crippen LogP contribution in [0, 0.1) is 0 Å². The molecular formula is C15H15Cl2N3O. The van der Waals surface area contributed by atoms with Gasteiger partial charge in [-0.05, 0) is 36.4 Å². The smallest absolute Gasteiger partial charge is 0.255 e. The van der Waals surface area contributed by atoms with E-state index in [0.717, 1.165) is 5.69 Å². The lowest BCUT2D eigenvalue weighted by atomic mass is 10.1. The molecule has 0 aliphatic heterocycles. The molecule has 0 aromatic heterocycles. The summed E-state index contributed by atoms with van der Waals surface area (Å²) in [7, 11) is 3.78. The largest absolute Gasteiger partial charge is 0.397 e. The first-order valence-electron chi connectivity index (χ1n) is 6.21. The second-order valence-corrected chi connectivity index (χ2v) is 5.65. The van der Waals surface area contributed by atoms with Gasteiger partial charge >= 0.3 is 0 Å². The number of halogens is 2. The van der Waals surface area contributed by atoms with Crippen molar-refractivity contribution in [2.45, 2.75) is 0 Å². The van der Waals surface area contributed by atoms with Crippen molar-refractivity contribution in [3.63, 3.8) is 0 Å². The van der Waals surface area contributed by atoms with Gasteiger partial charge in [0.2, 0.25) is 0 Å². The number of nitrogens with zero attached hydrogens (tertiary/aromatic N) is 1. The molecule has 0 bridgehead atoms. The number of nitrogens with one attached hydrogen (secondary N) is 1. The average Bonchev–Trinajstić information content (AvgIpc) is 2.36. The summed E-state index contributed by atoms with van der Waals surface area (Å²) in [5, 5.41) is 3.66. The molecule has 0 saturated carbocycles. The first-order chi connectivity index (χ1) is 9.86. The fourth-order valence-electron chi connectivity index (χ4n) is 1.93. The molecule has 21 heavy (non-hydrogen) atoms. The first kappa shape index (κ1) is 15.5. The Balaban J connectivity index is 2.22. The molecule has 2 rings (SSSR count). The third kappa shape index (κ3) is 3.80. The minimum absolute atomic E-state index is 0.273. The highest BCUT2D eigenvalue weighted by Gasteiger charge is 2.10. The molecule has 0 aliphatic rings. The van der Waals surface area contributed by atoms with Gasteiger partial charge in [0.1, 0.15) is 0 Å². The molecule has 0 spiro atoms. The molecule has 110 valence electrons. The molecule has 6 heteroatoms. The van der Waals surface area contributed by atoms with Gasteiger partial charge in [0.05, 0.1) is 11.4 Å². The number of nitrogens with two attached hydrogens (primary N) is 1. The number of rotatable bonds is 3. The SMILES string of the molecule is CN(C)c1ccc(C(=O)Nc2cc(Cl)cc(Cl)c2)cc1N. The van der Waals surface area contributed by atoms with Crippen LogP contribution in [0.1, 0.15) is 10.4 Å². The molecule has 3 N–H and O–H groups in total. The predicted molar refractivity (Wildman–Crippen MR) is 89.6 cm³/mol. The molecule has 0 saturated heterocycles. The molecular weight excluding hydrogens is 309 g/mol. The Bertz CT molecular complexity index is 666. The van der Waals surface area contributed by atoms with E-state index in [-0.39, 0.29) is 5.91 Å². The zero-order chi connectivity index (χ0) is 15.6. The van der Waals surface area contributed by atoms with Gasteiger partial charge in [0.25, 0.3) is 5.91 Å². The van der Waals surface area contributed by atoms with Crippen LogP contribution in [0.15, 0.2) is 36.4 Å². The van der Waals surface area contributed by atoms with E-state index in [2.05, 4.69) is 5.32 Å². The third-order valence-electron chi connectivity index (χ3n) is 2.89. The number of hydrogen-bond acceptors (Lipinski definition) is 3. The summed E-state index contributed by atoms with van der Waals surface area (Å²) in [4.78, 5) is 14.1. The van der Waals surface area contributed by atoms with Crippen LogP contribution >= 0.6 is 23.2 Å². The van der Waals surface area contributed by atoms with Crippen molar-refractivity contribution < 1.29 is 4.79 Å². The standard InChI is InChI=1S/C15H15Cl2N3O/c1-20(2)14-4-3-9(5-13(14)18)15(21)19-12-7-10(16)6-11(17)8-12/h3-8H,18H2,1-2H3,(H,19,21). The van der Waals surface area contributed by atoms with Gasteiger partial charge in [-0.15, -0.1) is 0 Å². The third-order valence-corrected chi connectivity index (χ3v) is 3.33. The van der Waals surface area contributed by atoms with E-state index in [0.29, 0.717) is 27.0 Å². The lowest BCUT2D eigenvalue weighted by Crippen LogP contribution is -2.15. The van der Waals surface area contributed by atoms with Gasteiger partial charge in [0.15, 0.2) is 0 Å². The monoisotopic (exact) mass is 323 g/mol. The van der Waals surface area contributed by atoms with Crippen LogP contribution < -0.4 is 16.0 Å². The van der Waals surface area contributed by atoms with Crippen LogP contribution in [0.3, 0.4) is 0 Å². The maximum Gasteiger partial charge on any atom is 0.255 e. The van der Waals surface area contributed by atoms with Crippen LogP contribution in [0.5, 0.6) is 0 Å². The summed E-state index contributed by atoms with van der Waals surface area (Å²) in [5.74, 6) is -0.273. The Morgan fingerprint density at radius 3 is 2.24 bits per heavy atom. The number of benzene rings is 2. The van der Waals surface area contributed by atoms with Gasteiger partial charge in [-0.1, -0.05) is 23.2 Å². The van der Waals surface area contributed by atoms with Gasteiger partial charge in [-0.25, -0.2) is 0 Å².